The summed E-state index contributed by atoms with van der Waals surface area (Å²) < 4.78 is 68.6. The number of benzene rings is 2. The molecule has 0 saturated heterocycles. The number of hydrogen-bond donors (Lipinski definition) is 0. The lowest BCUT2D eigenvalue weighted by Gasteiger charge is -2.12. The second-order valence-corrected chi connectivity index (χ2v) is 10.9. The maximum Gasteiger partial charge on any atom is 0.416 e. The molecule has 0 saturated carbocycles. The van der Waals surface area contributed by atoms with Gasteiger partial charge in [0.05, 0.1) is 21.7 Å². The lowest BCUT2D eigenvalue weighted by Crippen LogP contribution is -2.12. The monoisotopic (exact) mass is 535 g/mol. The van der Waals surface area contributed by atoms with Crippen LogP contribution in [0.3, 0.4) is 0 Å². The Labute approximate surface area is 213 Å². The Kier molecular flexibility index (Phi) is 5.39. The van der Waals surface area contributed by atoms with E-state index < -0.39 is 21.8 Å². The van der Waals surface area contributed by atoms with Crippen LogP contribution in [0.5, 0.6) is 0 Å². The molecule has 6 aromatic rings. The van der Waals surface area contributed by atoms with Gasteiger partial charge in [0.1, 0.15) is 0 Å². The zero-order valence-electron chi connectivity index (χ0n) is 18.8. The molecule has 0 unspecified atom stereocenters. The van der Waals surface area contributed by atoms with Crippen molar-refractivity contribution in [2.24, 2.45) is 0 Å². The minimum atomic E-state index is -4.53. The van der Waals surface area contributed by atoms with Gasteiger partial charge >= 0.3 is 6.18 Å². The molecule has 6 rings (SSSR count). The summed E-state index contributed by atoms with van der Waals surface area (Å²) in [6.07, 6.45) is -1.61. The van der Waals surface area contributed by atoms with Crippen LogP contribution in [0.15, 0.2) is 101 Å². The van der Waals surface area contributed by atoms with Crippen molar-refractivity contribution >= 4 is 43.3 Å². The largest absolute Gasteiger partial charge is 0.416 e. The minimum Gasteiger partial charge on any atom is -0.248 e. The molecule has 0 amide bonds. The smallest absolute Gasteiger partial charge is 0.248 e. The fourth-order valence-electron chi connectivity index (χ4n) is 4.32. The van der Waals surface area contributed by atoms with Gasteiger partial charge in [0.15, 0.2) is 5.65 Å². The molecular weight excluding hydrogens is 519 g/mol. The lowest BCUT2D eigenvalue weighted by atomic mass is 9.99. The van der Waals surface area contributed by atoms with Gasteiger partial charge in [0, 0.05) is 28.7 Å². The maximum atomic E-state index is 13.5. The van der Waals surface area contributed by atoms with E-state index in [-0.39, 0.29) is 16.1 Å². The van der Waals surface area contributed by atoms with Crippen molar-refractivity contribution < 1.29 is 21.6 Å². The molecule has 2 aromatic carbocycles. The van der Waals surface area contributed by atoms with Gasteiger partial charge in [-0.05, 0) is 70.4 Å². The molecule has 10 heteroatoms. The van der Waals surface area contributed by atoms with Crippen LogP contribution in [-0.4, -0.2) is 22.4 Å². The number of rotatable bonds is 4. The van der Waals surface area contributed by atoms with E-state index in [1.165, 1.54) is 41.9 Å². The zero-order chi connectivity index (χ0) is 25.8. The Bertz CT molecular complexity index is 1880. The van der Waals surface area contributed by atoms with Gasteiger partial charge < -0.3 is 0 Å². The van der Waals surface area contributed by atoms with Crippen molar-refractivity contribution in [2.75, 3.05) is 0 Å². The zero-order valence-corrected chi connectivity index (χ0v) is 20.5. The second kappa shape index (κ2) is 8.53. The first-order valence-corrected chi connectivity index (χ1v) is 13.4. The topological polar surface area (TPSA) is 64.8 Å². The molecule has 0 radical (unpaired) electrons. The van der Waals surface area contributed by atoms with Crippen LogP contribution in [0.4, 0.5) is 13.2 Å². The first kappa shape index (κ1) is 23.4. The van der Waals surface area contributed by atoms with Gasteiger partial charge in [-0.1, -0.05) is 24.3 Å². The standard InChI is InChI=1S/C27H16F3N3O2S2/c28-27(29,30)18-8-9-20-22(17-10-12-36-16-17)14-25(32-24(20)13-18)23-15-33(26-21(23)7-4-11-31-26)37(34,35)19-5-2-1-3-6-19/h1-16H. The molecule has 4 aromatic heterocycles. The lowest BCUT2D eigenvalue weighted by molar-refractivity contribution is -0.137. The molecule has 4 heterocycles. The molecule has 5 nitrogen and oxygen atoms in total. The predicted molar refractivity (Wildman–Crippen MR) is 138 cm³/mol. The van der Waals surface area contributed by atoms with Gasteiger partial charge in [-0.3, -0.25) is 0 Å². The third-order valence-corrected chi connectivity index (χ3v) is 8.42. The van der Waals surface area contributed by atoms with Gasteiger partial charge in [-0.15, -0.1) is 0 Å². The normalized spacial score (nSPS) is 12.4. The number of halogens is 3. The number of hydrogen-bond acceptors (Lipinski definition) is 5. The predicted octanol–water partition coefficient (Wildman–Crippen LogP) is 7.24. The van der Waals surface area contributed by atoms with Gasteiger partial charge in [0.2, 0.25) is 0 Å². The number of thiophene rings is 1. The summed E-state index contributed by atoms with van der Waals surface area (Å²) in [5, 5.41) is 4.86. The quantitative estimate of drug-likeness (QED) is 0.239. The average molecular weight is 536 g/mol. The molecule has 0 N–H and O–H groups in total. The van der Waals surface area contributed by atoms with Gasteiger partial charge in [0.25, 0.3) is 10.0 Å². The van der Waals surface area contributed by atoms with Crippen molar-refractivity contribution in [2.45, 2.75) is 11.1 Å². The van der Waals surface area contributed by atoms with Crippen LogP contribution in [0.25, 0.3) is 44.3 Å². The van der Waals surface area contributed by atoms with E-state index in [0.29, 0.717) is 27.6 Å². The number of aromatic nitrogens is 3. The SMILES string of the molecule is O=S(=O)(c1ccccc1)n1cc(-c2cc(-c3ccsc3)c3ccc(C(F)(F)F)cc3n2)c2cccnc21. The molecule has 0 aliphatic rings. The highest BCUT2D eigenvalue weighted by Gasteiger charge is 2.31. The third kappa shape index (κ3) is 3.98. The fraction of sp³-hybridized carbons (Fsp3) is 0.0370. The Morgan fingerprint density at radius 3 is 2.41 bits per heavy atom. The molecule has 0 spiro atoms. The Morgan fingerprint density at radius 2 is 1.68 bits per heavy atom. The summed E-state index contributed by atoms with van der Waals surface area (Å²) >= 11 is 1.47. The Hall–Kier alpha value is -4.02. The molecule has 0 aliphatic heterocycles. The highest BCUT2D eigenvalue weighted by atomic mass is 32.2. The van der Waals surface area contributed by atoms with E-state index >= 15 is 0 Å². The van der Waals surface area contributed by atoms with Crippen LogP contribution in [0.2, 0.25) is 0 Å². The summed E-state index contributed by atoms with van der Waals surface area (Å²) in [6, 6.07) is 18.5. The van der Waals surface area contributed by atoms with Gasteiger partial charge in [-0.2, -0.15) is 24.5 Å². The first-order valence-electron chi connectivity index (χ1n) is 11.0. The van der Waals surface area contributed by atoms with Crippen LogP contribution in [-0.2, 0) is 16.2 Å². The van der Waals surface area contributed by atoms with Crippen molar-refractivity contribution in [3.05, 3.63) is 102 Å². The third-order valence-electron chi connectivity index (χ3n) is 6.08. The highest BCUT2D eigenvalue weighted by Crippen LogP contribution is 2.39. The number of nitrogens with zero attached hydrogens (tertiary/aromatic N) is 3. The minimum absolute atomic E-state index is 0.0874. The number of fused-ring (bicyclic) bond motifs is 2. The second-order valence-electron chi connectivity index (χ2n) is 8.33. The van der Waals surface area contributed by atoms with E-state index in [4.69, 9.17) is 0 Å². The summed E-state index contributed by atoms with van der Waals surface area (Å²) in [5.74, 6) is 0. The molecule has 0 atom stereocenters. The molecule has 0 aliphatic carbocycles. The van der Waals surface area contributed by atoms with E-state index in [0.717, 1.165) is 21.7 Å². The van der Waals surface area contributed by atoms with E-state index in [9.17, 15) is 21.6 Å². The molecule has 37 heavy (non-hydrogen) atoms. The summed E-state index contributed by atoms with van der Waals surface area (Å²) in [7, 11) is -4.00. The van der Waals surface area contributed by atoms with E-state index in [1.807, 2.05) is 16.8 Å². The van der Waals surface area contributed by atoms with Crippen molar-refractivity contribution in [1.29, 1.82) is 0 Å². The molecule has 0 fully saturated rings. The first-order chi connectivity index (χ1) is 17.7. The summed E-state index contributed by atoms with van der Waals surface area (Å²) in [6.45, 7) is 0. The Morgan fingerprint density at radius 1 is 0.865 bits per heavy atom. The van der Waals surface area contributed by atoms with Crippen LogP contribution in [0, 0.1) is 0 Å². The summed E-state index contributed by atoms with van der Waals surface area (Å²) in [4.78, 5) is 8.97. The number of pyridine rings is 2. The van der Waals surface area contributed by atoms with Crippen LogP contribution in [0.1, 0.15) is 5.56 Å². The van der Waals surface area contributed by atoms with Crippen LogP contribution < -0.4 is 0 Å². The van der Waals surface area contributed by atoms with Crippen molar-refractivity contribution in [1.82, 2.24) is 13.9 Å². The molecule has 0 bridgehead atoms. The maximum absolute atomic E-state index is 13.5. The van der Waals surface area contributed by atoms with Crippen LogP contribution >= 0.6 is 11.3 Å². The number of alkyl halides is 3. The summed E-state index contributed by atoms with van der Waals surface area (Å²) in [5.41, 5.74) is 1.86. The molecule has 184 valence electrons. The van der Waals surface area contributed by atoms with E-state index in [1.54, 1.807) is 36.4 Å². The van der Waals surface area contributed by atoms with Gasteiger partial charge in [-0.25, -0.2) is 22.4 Å². The Balaban J connectivity index is 1.65. The average Bonchev–Trinajstić information content (AvgIpc) is 3.57. The van der Waals surface area contributed by atoms with Crippen molar-refractivity contribution in [3.8, 4) is 22.4 Å². The fourth-order valence-corrected chi connectivity index (χ4v) is 6.32. The molecular formula is C27H16F3N3O2S2. The van der Waals surface area contributed by atoms with Crippen molar-refractivity contribution in [3.63, 3.8) is 0 Å². The van der Waals surface area contributed by atoms with E-state index in [2.05, 4.69) is 9.97 Å². The highest BCUT2D eigenvalue weighted by molar-refractivity contribution is 7.90.